The molecule has 4 nitrogen and oxygen atoms in total. The molecule has 1 amide bonds. The third-order valence-electron chi connectivity index (χ3n) is 4.96. The minimum absolute atomic E-state index is 0.0368. The van der Waals surface area contributed by atoms with Crippen molar-refractivity contribution in [2.45, 2.75) is 34.1 Å². The molecule has 25 heavy (non-hydrogen) atoms. The fourth-order valence-corrected chi connectivity index (χ4v) is 2.99. The molecule has 0 aliphatic carbocycles. The predicted octanol–water partition coefficient (Wildman–Crippen LogP) is 3.88. The summed E-state index contributed by atoms with van der Waals surface area (Å²) in [6.45, 7) is 8.41. The number of aryl methyl sites for hydroxylation is 4. The van der Waals surface area contributed by atoms with Gasteiger partial charge in [-0.15, -0.1) is 0 Å². The molecule has 130 valence electrons. The first-order valence-corrected chi connectivity index (χ1v) is 8.51. The van der Waals surface area contributed by atoms with Crippen LogP contribution in [0.5, 0.6) is 5.75 Å². The maximum Gasteiger partial charge on any atom is 0.316 e. The van der Waals surface area contributed by atoms with Crippen molar-refractivity contribution >= 4 is 17.6 Å². The number of nitrogens with zero attached hydrogens (tertiary/aromatic N) is 1. The average molecular weight is 337 g/mol. The molecule has 0 N–H and O–H groups in total. The lowest BCUT2D eigenvalue weighted by Gasteiger charge is -2.18. The summed E-state index contributed by atoms with van der Waals surface area (Å²) < 4.78 is 5.49. The van der Waals surface area contributed by atoms with Crippen LogP contribution in [0.2, 0.25) is 0 Å². The van der Waals surface area contributed by atoms with E-state index >= 15 is 0 Å². The van der Waals surface area contributed by atoms with E-state index in [1.165, 1.54) is 5.56 Å². The van der Waals surface area contributed by atoms with Gasteiger partial charge in [-0.2, -0.15) is 0 Å². The number of rotatable bonds is 3. The predicted molar refractivity (Wildman–Crippen MR) is 97.9 cm³/mol. The molecule has 1 saturated heterocycles. The van der Waals surface area contributed by atoms with Gasteiger partial charge in [0.05, 0.1) is 5.92 Å². The Hall–Kier alpha value is -2.62. The highest BCUT2D eigenvalue weighted by atomic mass is 16.5. The summed E-state index contributed by atoms with van der Waals surface area (Å²) in [5.41, 5.74) is 5.38. The molecule has 1 fully saturated rings. The largest absolute Gasteiger partial charge is 0.426 e. The molecular formula is C21H23NO3. The number of amides is 1. The molecule has 0 radical (unpaired) electrons. The van der Waals surface area contributed by atoms with E-state index < -0.39 is 5.92 Å². The maximum atomic E-state index is 12.5. The molecule has 2 aromatic carbocycles. The van der Waals surface area contributed by atoms with Gasteiger partial charge in [0.2, 0.25) is 5.91 Å². The Morgan fingerprint density at radius 1 is 0.960 bits per heavy atom. The Morgan fingerprint density at radius 3 is 2.24 bits per heavy atom. The lowest BCUT2D eigenvalue weighted by molar-refractivity contribution is -0.139. The van der Waals surface area contributed by atoms with E-state index in [2.05, 4.69) is 0 Å². The van der Waals surface area contributed by atoms with Crippen molar-refractivity contribution in [2.75, 3.05) is 11.4 Å². The molecular weight excluding hydrogens is 314 g/mol. The topological polar surface area (TPSA) is 46.6 Å². The lowest BCUT2D eigenvalue weighted by atomic mass is 10.1. The van der Waals surface area contributed by atoms with Gasteiger partial charge in [0.1, 0.15) is 5.75 Å². The Labute approximate surface area is 148 Å². The molecule has 1 aliphatic heterocycles. The van der Waals surface area contributed by atoms with Crippen molar-refractivity contribution in [3.63, 3.8) is 0 Å². The van der Waals surface area contributed by atoms with Gasteiger partial charge in [-0.3, -0.25) is 9.59 Å². The van der Waals surface area contributed by atoms with Gasteiger partial charge in [-0.1, -0.05) is 12.1 Å². The second-order valence-corrected chi connectivity index (χ2v) is 6.84. The molecule has 0 bridgehead atoms. The quantitative estimate of drug-likeness (QED) is 0.631. The standard InChI is InChI=1S/C21H23NO3/c1-13-5-7-18(9-15(13)3)22-12-17(11-20(22)23)21(24)25-19-8-6-14(2)16(4)10-19/h5-10,17H,11-12H2,1-4H3/t17-/m0/s1. The second-order valence-electron chi connectivity index (χ2n) is 6.84. The zero-order valence-corrected chi connectivity index (χ0v) is 15.1. The van der Waals surface area contributed by atoms with E-state index in [0.717, 1.165) is 22.4 Å². The fraction of sp³-hybridized carbons (Fsp3) is 0.333. The van der Waals surface area contributed by atoms with Gasteiger partial charge < -0.3 is 9.64 Å². The number of carbonyl (C=O) groups is 2. The summed E-state index contributed by atoms with van der Waals surface area (Å²) in [5.74, 6) is -0.283. The van der Waals surface area contributed by atoms with E-state index in [1.807, 2.05) is 58.0 Å². The highest BCUT2D eigenvalue weighted by Crippen LogP contribution is 2.28. The molecule has 0 spiro atoms. The highest BCUT2D eigenvalue weighted by Gasteiger charge is 2.36. The van der Waals surface area contributed by atoms with Crippen LogP contribution in [-0.4, -0.2) is 18.4 Å². The number of ether oxygens (including phenoxy) is 1. The Kier molecular flexibility index (Phi) is 4.62. The van der Waals surface area contributed by atoms with Crippen molar-refractivity contribution in [1.29, 1.82) is 0 Å². The monoisotopic (exact) mass is 337 g/mol. The van der Waals surface area contributed by atoms with E-state index in [0.29, 0.717) is 12.3 Å². The van der Waals surface area contributed by atoms with Gasteiger partial charge in [-0.25, -0.2) is 0 Å². The summed E-state index contributed by atoms with van der Waals surface area (Å²) in [6.07, 6.45) is 0.191. The van der Waals surface area contributed by atoms with E-state index in [-0.39, 0.29) is 18.3 Å². The fourth-order valence-electron chi connectivity index (χ4n) is 2.99. The number of esters is 1. The third kappa shape index (κ3) is 3.58. The molecule has 0 saturated carbocycles. The van der Waals surface area contributed by atoms with Crippen molar-refractivity contribution < 1.29 is 14.3 Å². The van der Waals surface area contributed by atoms with E-state index in [4.69, 9.17) is 4.74 Å². The van der Waals surface area contributed by atoms with Gasteiger partial charge in [0.15, 0.2) is 0 Å². The molecule has 0 aromatic heterocycles. The van der Waals surface area contributed by atoms with Crippen molar-refractivity contribution in [3.05, 3.63) is 58.7 Å². The molecule has 1 atom stereocenters. The van der Waals surface area contributed by atoms with Crippen LogP contribution in [-0.2, 0) is 9.59 Å². The highest BCUT2D eigenvalue weighted by molar-refractivity contribution is 5.99. The van der Waals surface area contributed by atoms with Crippen LogP contribution >= 0.6 is 0 Å². The third-order valence-corrected chi connectivity index (χ3v) is 4.96. The van der Waals surface area contributed by atoms with Crippen molar-refractivity contribution in [1.82, 2.24) is 0 Å². The Morgan fingerprint density at radius 2 is 1.60 bits per heavy atom. The summed E-state index contributed by atoms with van der Waals surface area (Å²) in [7, 11) is 0. The van der Waals surface area contributed by atoms with Crippen LogP contribution in [0.15, 0.2) is 36.4 Å². The first-order chi connectivity index (χ1) is 11.8. The molecule has 2 aromatic rings. The first-order valence-electron chi connectivity index (χ1n) is 8.51. The van der Waals surface area contributed by atoms with E-state index in [9.17, 15) is 9.59 Å². The van der Waals surface area contributed by atoms with Crippen LogP contribution in [0, 0.1) is 33.6 Å². The minimum atomic E-state index is -0.435. The zero-order chi connectivity index (χ0) is 18.1. The number of carbonyl (C=O) groups excluding carboxylic acids is 2. The first kappa shape index (κ1) is 17.2. The van der Waals surface area contributed by atoms with Gasteiger partial charge >= 0.3 is 5.97 Å². The SMILES string of the molecule is Cc1ccc(OC(=O)[C@H]2CC(=O)N(c3ccc(C)c(C)c3)C2)cc1C. The van der Waals surface area contributed by atoms with Crippen LogP contribution in [0.4, 0.5) is 5.69 Å². The number of anilines is 1. The molecule has 4 heteroatoms. The molecule has 0 unspecified atom stereocenters. The van der Waals surface area contributed by atoms with Crippen LogP contribution in [0.25, 0.3) is 0 Å². The number of hydrogen-bond donors (Lipinski definition) is 0. The number of benzene rings is 2. The summed E-state index contributed by atoms with van der Waals surface area (Å²) in [4.78, 5) is 26.5. The summed E-state index contributed by atoms with van der Waals surface area (Å²) in [6, 6.07) is 11.5. The van der Waals surface area contributed by atoms with Crippen molar-refractivity contribution in [3.8, 4) is 5.75 Å². The Bertz CT molecular complexity index is 841. The van der Waals surface area contributed by atoms with Crippen molar-refractivity contribution in [2.24, 2.45) is 5.92 Å². The van der Waals surface area contributed by atoms with E-state index in [1.54, 1.807) is 11.0 Å². The average Bonchev–Trinajstić information content (AvgIpc) is 2.95. The second kappa shape index (κ2) is 6.71. The molecule has 1 aliphatic rings. The number of hydrogen-bond acceptors (Lipinski definition) is 3. The van der Waals surface area contributed by atoms with Gasteiger partial charge in [-0.05, 0) is 74.2 Å². The minimum Gasteiger partial charge on any atom is -0.426 e. The van der Waals surface area contributed by atoms with Gasteiger partial charge in [0.25, 0.3) is 0 Å². The zero-order valence-electron chi connectivity index (χ0n) is 15.1. The van der Waals surface area contributed by atoms with Crippen LogP contribution in [0.1, 0.15) is 28.7 Å². The summed E-state index contributed by atoms with van der Waals surface area (Å²) >= 11 is 0. The lowest BCUT2D eigenvalue weighted by Crippen LogP contribution is -2.27. The van der Waals surface area contributed by atoms with Gasteiger partial charge in [0, 0.05) is 18.7 Å². The maximum absolute atomic E-state index is 12.5. The van der Waals surface area contributed by atoms with Crippen LogP contribution < -0.4 is 9.64 Å². The summed E-state index contributed by atoms with van der Waals surface area (Å²) in [5, 5.41) is 0. The van der Waals surface area contributed by atoms with Crippen LogP contribution in [0.3, 0.4) is 0 Å². The smallest absolute Gasteiger partial charge is 0.316 e. The molecule has 1 heterocycles. The normalized spacial score (nSPS) is 17.0. The molecule has 3 rings (SSSR count). The Balaban J connectivity index is 1.71.